The van der Waals surface area contributed by atoms with E-state index in [1.54, 1.807) is 6.08 Å². The average Bonchev–Trinajstić information content (AvgIpc) is 2.45. The Bertz CT molecular complexity index is 488. The van der Waals surface area contributed by atoms with Gasteiger partial charge in [0.1, 0.15) is 12.4 Å². The Morgan fingerprint density at radius 3 is 2.44 bits per heavy atom. The Labute approximate surface area is 109 Å². The van der Waals surface area contributed by atoms with Crippen LogP contribution in [0.15, 0.2) is 60.7 Å². The fourth-order valence-electron chi connectivity index (χ4n) is 1.83. The van der Waals surface area contributed by atoms with Crippen LogP contribution in [-0.4, -0.2) is 0 Å². The summed E-state index contributed by atoms with van der Waals surface area (Å²) in [4.78, 5) is 0. The van der Waals surface area contributed by atoms with Crippen LogP contribution in [-0.2, 0) is 13.0 Å². The maximum Gasteiger partial charge on any atom is 0.123 e. The molecule has 0 N–H and O–H groups in total. The van der Waals surface area contributed by atoms with Gasteiger partial charge in [-0.15, -0.1) is 0 Å². The molecule has 0 aliphatic carbocycles. The molecule has 0 bridgehead atoms. The Morgan fingerprint density at radius 2 is 1.67 bits per heavy atom. The van der Waals surface area contributed by atoms with Gasteiger partial charge in [-0.1, -0.05) is 61.2 Å². The van der Waals surface area contributed by atoms with Crippen molar-refractivity contribution >= 4 is 0 Å². The van der Waals surface area contributed by atoms with Gasteiger partial charge in [0.25, 0.3) is 0 Å². The predicted octanol–water partition coefficient (Wildman–Crippen LogP) is 4.19. The van der Waals surface area contributed by atoms with E-state index in [0.29, 0.717) is 6.61 Å². The Hall–Kier alpha value is -2.02. The van der Waals surface area contributed by atoms with Gasteiger partial charge in [-0.3, -0.25) is 0 Å². The molecule has 0 aliphatic heterocycles. The van der Waals surface area contributed by atoms with E-state index in [9.17, 15) is 0 Å². The normalized spacial score (nSPS) is 10.0. The number of aryl methyl sites for hydroxylation is 1. The fourth-order valence-corrected chi connectivity index (χ4v) is 1.83. The van der Waals surface area contributed by atoms with Gasteiger partial charge in [-0.05, 0) is 30.0 Å². The van der Waals surface area contributed by atoms with E-state index in [0.717, 1.165) is 18.6 Å². The molecule has 2 aromatic rings. The minimum absolute atomic E-state index is 0.601. The molecule has 0 aromatic heterocycles. The van der Waals surface area contributed by atoms with Crippen LogP contribution in [0.25, 0.3) is 0 Å². The molecule has 1 nitrogen and oxygen atoms in total. The first-order valence-electron chi connectivity index (χ1n) is 6.18. The number of ether oxygens (including phenoxy) is 1. The molecule has 0 atom stereocenters. The van der Waals surface area contributed by atoms with E-state index in [2.05, 4.69) is 18.2 Å². The number of rotatable bonds is 6. The van der Waals surface area contributed by atoms with Gasteiger partial charge in [0, 0.05) is 0 Å². The van der Waals surface area contributed by atoms with Crippen LogP contribution >= 0.6 is 0 Å². The van der Waals surface area contributed by atoms with Crippen molar-refractivity contribution in [2.45, 2.75) is 19.4 Å². The van der Waals surface area contributed by atoms with Crippen molar-refractivity contribution in [3.8, 4) is 5.75 Å². The van der Waals surface area contributed by atoms with Crippen molar-refractivity contribution in [1.82, 2.24) is 0 Å². The molecular formula is C17H17O. The van der Waals surface area contributed by atoms with Crippen molar-refractivity contribution < 1.29 is 4.74 Å². The topological polar surface area (TPSA) is 9.23 Å². The molecule has 0 saturated heterocycles. The van der Waals surface area contributed by atoms with E-state index < -0.39 is 0 Å². The SMILES string of the molecule is [CH]=CCCc1ccccc1OCc1ccccc1. The third kappa shape index (κ3) is 3.49. The molecule has 0 heterocycles. The van der Waals surface area contributed by atoms with Crippen LogP contribution in [0.3, 0.4) is 0 Å². The zero-order chi connectivity index (χ0) is 12.6. The molecule has 0 amide bonds. The Kier molecular flexibility index (Phi) is 4.60. The summed E-state index contributed by atoms with van der Waals surface area (Å²) < 4.78 is 5.87. The van der Waals surface area contributed by atoms with Crippen molar-refractivity contribution in [1.29, 1.82) is 0 Å². The van der Waals surface area contributed by atoms with Crippen molar-refractivity contribution in [3.05, 3.63) is 78.4 Å². The Balaban J connectivity index is 2.02. The van der Waals surface area contributed by atoms with Gasteiger partial charge in [0.15, 0.2) is 0 Å². The summed E-state index contributed by atoms with van der Waals surface area (Å²) in [6, 6.07) is 18.3. The molecule has 1 heteroatoms. The van der Waals surface area contributed by atoms with Crippen LogP contribution in [0.4, 0.5) is 0 Å². The van der Waals surface area contributed by atoms with Crippen molar-refractivity contribution in [3.63, 3.8) is 0 Å². The zero-order valence-electron chi connectivity index (χ0n) is 10.4. The molecule has 2 aromatic carbocycles. The molecule has 0 fully saturated rings. The molecule has 0 spiro atoms. The van der Waals surface area contributed by atoms with Crippen LogP contribution in [0, 0.1) is 6.58 Å². The van der Waals surface area contributed by atoms with Gasteiger partial charge in [0.05, 0.1) is 0 Å². The smallest absolute Gasteiger partial charge is 0.123 e. The van der Waals surface area contributed by atoms with E-state index in [1.165, 1.54) is 11.1 Å². The highest BCUT2D eigenvalue weighted by molar-refractivity contribution is 5.33. The van der Waals surface area contributed by atoms with Crippen LogP contribution < -0.4 is 4.74 Å². The summed E-state index contributed by atoms with van der Waals surface area (Å²) in [5, 5.41) is 0. The summed E-state index contributed by atoms with van der Waals surface area (Å²) in [6.45, 7) is 6.03. The molecular weight excluding hydrogens is 220 g/mol. The number of hydrogen-bond donors (Lipinski definition) is 0. The van der Waals surface area contributed by atoms with Gasteiger partial charge in [-0.25, -0.2) is 0 Å². The van der Waals surface area contributed by atoms with Crippen LogP contribution in [0.2, 0.25) is 0 Å². The number of para-hydroxylation sites is 1. The van der Waals surface area contributed by atoms with Gasteiger partial charge >= 0.3 is 0 Å². The Morgan fingerprint density at radius 1 is 0.944 bits per heavy atom. The highest BCUT2D eigenvalue weighted by Gasteiger charge is 2.02. The molecule has 0 aliphatic rings. The highest BCUT2D eigenvalue weighted by Crippen LogP contribution is 2.20. The lowest BCUT2D eigenvalue weighted by Crippen LogP contribution is -1.98. The summed E-state index contributed by atoms with van der Waals surface area (Å²) >= 11 is 0. The summed E-state index contributed by atoms with van der Waals surface area (Å²) in [5.74, 6) is 0.947. The number of benzene rings is 2. The number of hydrogen-bond acceptors (Lipinski definition) is 1. The third-order valence-electron chi connectivity index (χ3n) is 2.79. The maximum atomic E-state index is 5.87. The first-order chi connectivity index (χ1) is 8.90. The molecule has 0 saturated carbocycles. The lowest BCUT2D eigenvalue weighted by Gasteiger charge is -2.10. The molecule has 1 radical (unpaired) electrons. The lowest BCUT2D eigenvalue weighted by atomic mass is 10.1. The minimum Gasteiger partial charge on any atom is -0.489 e. The van der Waals surface area contributed by atoms with Crippen LogP contribution in [0.5, 0.6) is 5.75 Å². The zero-order valence-corrected chi connectivity index (χ0v) is 10.4. The van der Waals surface area contributed by atoms with E-state index in [-0.39, 0.29) is 0 Å². The second kappa shape index (κ2) is 6.65. The lowest BCUT2D eigenvalue weighted by molar-refractivity contribution is 0.303. The maximum absolute atomic E-state index is 5.87. The summed E-state index contributed by atoms with van der Waals surface area (Å²) in [5.41, 5.74) is 2.38. The van der Waals surface area contributed by atoms with E-state index in [1.807, 2.05) is 36.4 Å². The molecule has 0 unspecified atom stereocenters. The van der Waals surface area contributed by atoms with Gasteiger partial charge < -0.3 is 4.74 Å². The van der Waals surface area contributed by atoms with Crippen LogP contribution in [0.1, 0.15) is 17.5 Å². The summed E-state index contributed by atoms with van der Waals surface area (Å²) in [7, 11) is 0. The molecule has 2 rings (SSSR count). The molecule has 18 heavy (non-hydrogen) atoms. The van der Waals surface area contributed by atoms with Gasteiger partial charge in [0.2, 0.25) is 0 Å². The van der Waals surface area contributed by atoms with Crippen molar-refractivity contribution in [2.75, 3.05) is 0 Å². The first-order valence-corrected chi connectivity index (χ1v) is 6.18. The third-order valence-corrected chi connectivity index (χ3v) is 2.79. The first kappa shape index (κ1) is 12.4. The fraction of sp³-hybridized carbons (Fsp3) is 0.176. The van der Waals surface area contributed by atoms with Gasteiger partial charge in [-0.2, -0.15) is 0 Å². The van der Waals surface area contributed by atoms with E-state index in [4.69, 9.17) is 11.3 Å². The van der Waals surface area contributed by atoms with E-state index >= 15 is 0 Å². The second-order valence-corrected chi connectivity index (χ2v) is 4.16. The quantitative estimate of drug-likeness (QED) is 0.732. The highest BCUT2D eigenvalue weighted by atomic mass is 16.5. The summed E-state index contributed by atoms with van der Waals surface area (Å²) in [6.07, 6.45) is 3.47. The standard InChI is InChI=1S/C17H17O/c1-2-3-11-16-12-7-8-13-17(16)18-14-15-9-5-4-6-10-15/h1-2,4-10,12-13H,3,11,14H2. The monoisotopic (exact) mass is 237 g/mol. The second-order valence-electron chi connectivity index (χ2n) is 4.16. The average molecular weight is 237 g/mol. The predicted molar refractivity (Wildman–Crippen MR) is 74.4 cm³/mol. The van der Waals surface area contributed by atoms with Crippen molar-refractivity contribution in [2.24, 2.45) is 0 Å². The minimum atomic E-state index is 0.601. The molecule has 91 valence electrons. The number of allylic oxidation sites excluding steroid dienone is 1. The largest absolute Gasteiger partial charge is 0.489 e.